The summed E-state index contributed by atoms with van der Waals surface area (Å²) < 4.78 is 1.84. The first-order chi connectivity index (χ1) is 8.83. The molecule has 0 aliphatic carbocycles. The van der Waals surface area contributed by atoms with Gasteiger partial charge in [0.2, 0.25) is 5.95 Å². The number of piperazine rings is 1. The molecule has 2 aromatic heterocycles. The number of rotatable bonds is 2. The minimum Gasteiger partial charge on any atom is -0.365 e. The second-order valence-corrected chi connectivity index (χ2v) is 4.40. The number of hydrogen-bond donors (Lipinski definition) is 0. The van der Waals surface area contributed by atoms with Crippen molar-refractivity contribution in [3.05, 3.63) is 30.9 Å². The molecule has 3 heterocycles. The number of nitrogens with zero attached hydrogens (tertiary/aromatic N) is 6. The molecule has 6 nitrogen and oxygen atoms in total. The molecule has 0 atom stereocenters. The Bertz CT molecular complexity index is 500. The van der Waals surface area contributed by atoms with E-state index in [0.29, 0.717) is 0 Å². The molecule has 18 heavy (non-hydrogen) atoms. The van der Waals surface area contributed by atoms with Gasteiger partial charge in [-0.25, -0.2) is 9.97 Å². The maximum atomic E-state index is 4.28. The van der Waals surface area contributed by atoms with Crippen molar-refractivity contribution in [3.8, 4) is 0 Å². The van der Waals surface area contributed by atoms with Crippen LogP contribution in [0.4, 0.5) is 11.6 Å². The normalized spacial score (nSPS) is 16.1. The summed E-state index contributed by atoms with van der Waals surface area (Å²) in [6.45, 7) is 3.84. The highest BCUT2D eigenvalue weighted by atomic mass is 15.3. The summed E-state index contributed by atoms with van der Waals surface area (Å²) >= 11 is 0. The molecule has 2 aromatic rings. The predicted molar refractivity (Wildman–Crippen MR) is 69.7 cm³/mol. The van der Waals surface area contributed by atoms with Crippen molar-refractivity contribution in [1.29, 1.82) is 0 Å². The monoisotopic (exact) mass is 244 g/mol. The van der Waals surface area contributed by atoms with E-state index in [2.05, 4.69) is 31.1 Å². The fourth-order valence-corrected chi connectivity index (χ4v) is 2.19. The van der Waals surface area contributed by atoms with E-state index >= 15 is 0 Å². The first-order valence-corrected chi connectivity index (χ1v) is 6.08. The third kappa shape index (κ3) is 2.13. The fraction of sp³-hybridized carbons (Fsp3) is 0.417. The molecule has 0 N–H and O–H groups in total. The summed E-state index contributed by atoms with van der Waals surface area (Å²) in [5, 5.41) is 4.21. The van der Waals surface area contributed by atoms with E-state index in [1.54, 1.807) is 12.4 Å². The second kappa shape index (κ2) is 4.64. The van der Waals surface area contributed by atoms with E-state index in [1.807, 2.05) is 24.0 Å². The molecular formula is C12H16N6. The Hall–Kier alpha value is -2.11. The van der Waals surface area contributed by atoms with E-state index in [1.165, 1.54) is 5.69 Å². The van der Waals surface area contributed by atoms with Gasteiger partial charge < -0.3 is 9.80 Å². The van der Waals surface area contributed by atoms with Gasteiger partial charge in [-0.3, -0.25) is 4.68 Å². The van der Waals surface area contributed by atoms with Crippen LogP contribution < -0.4 is 9.80 Å². The van der Waals surface area contributed by atoms with Crippen LogP contribution in [-0.4, -0.2) is 45.9 Å². The molecule has 0 aromatic carbocycles. The standard InChI is InChI=1S/C12H16N6/c1-16-10-11(9-15-16)17-5-7-18(8-6-17)12-13-3-2-4-14-12/h2-4,9-10H,5-8H2,1H3. The van der Waals surface area contributed by atoms with Gasteiger partial charge in [-0.1, -0.05) is 0 Å². The molecule has 0 radical (unpaired) electrons. The van der Waals surface area contributed by atoms with Gasteiger partial charge in [0.05, 0.1) is 11.9 Å². The minimum atomic E-state index is 0.823. The summed E-state index contributed by atoms with van der Waals surface area (Å²) in [6, 6.07) is 1.84. The highest BCUT2D eigenvalue weighted by Gasteiger charge is 2.19. The van der Waals surface area contributed by atoms with E-state index in [4.69, 9.17) is 0 Å². The van der Waals surface area contributed by atoms with Crippen LogP contribution in [0, 0.1) is 0 Å². The number of aromatic nitrogens is 4. The lowest BCUT2D eigenvalue weighted by Gasteiger charge is -2.35. The summed E-state index contributed by atoms with van der Waals surface area (Å²) in [5.41, 5.74) is 1.19. The Morgan fingerprint density at radius 1 is 1.00 bits per heavy atom. The van der Waals surface area contributed by atoms with Crippen LogP contribution in [0.3, 0.4) is 0 Å². The Kier molecular flexibility index (Phi) is 2.84. The molecule has 6 heteroatoms. The lowest BCUT2D eigenvalue weighted by atomic mass is 10.3. The van der Waals surface area contributed by atoms with E-state index in [-0.39, 0.29) is 0 Å². The zero-order valence-electron chi connectivity index (χ0n) is 10.4. The zero-order valence-corrected chi connectivity index (χ0v) is 10.4. The van der Waals surface area contributed by atoms with Crippen LogP contribution in [0.2, 0.25) is 0 Å². The maximum Gasteiger partial charge on any atom is 0.225 e. The lowest BCUT2D eigenvalue weighted by Crippen LogP contribution is -2.47. The molecule has 1 aliphatic rings. The topological polar surface area (TPSA) is 50.1 Å². The average molecular weight is 244 g/mol. The summed E-state index contributed by atoms with van der Waals surface area (Å²) in [4.78, 5) is 13.1. The molecule has 0 unspecified atom stereocenters. The highest BCUT2D eigenvalue weighted by Crippen LogP contribution is 2.16. The molecule has 0 saturated carbocycles. The van der Waals surface area contributed by atoms with Gasteiger partial charge >= 0.3 is 0 Å². The molecule has 0 bridgehead atoms. The fourth-order valence-electron chi connectivity index (χ4n) is 2.19. The zero-order chi connectivity index (χ0) is 12.4. The van der Waals surface area contributed by atoms with Crippen molar-refractivity contribution < 1.29 is 0 Å². The van der Waals surface area contributed by atoms with Crippen molar-refractivity contribution in [1.82, 2.24) is 19.7 Å². The third-order valence-electron chi connectivity index (χ3n) is 3.17. The summed E-state index contributed by atoms with van der Waals surface area (Å²) in [6.07, 6.45) is 7.54. The molecule has 0 spiro atoms. The SMILES string of the molecule is Cn1cc(N2CCN(c3ncccn3)CC2)cn1. The molecule has 1 saturated heterocycles. The molecule has 0 amide bonds. The number of anilines is 2. The summed E-state index contributed by atoms with van der Waals surface area (Å²) in [7, 11) is 1.94. The quantitative estimate of drug-likeness (QED) is 0.771. The van der Waals surface area contributed by atoms with Crippen LogP contribution in [-0.2, 0) is 7.05 Å². The van der Waals surface area contributed by atoms with E-state index in [0.717, 1.165) is 32.1 Å². The van der Waals surface area contributed by atoms with Crippen molar-refractivity contribution in [2.45, 2.75) is 0 Å². The van der Waals surface area contributed by atoms with Gasteiger partial charge in [-0.2, -0.15) is 5.10 Å². The van der Waals surface area contributed by atoms with Crippen LogP contribution >= 0.6 is 0 Å². The average Bonchev–Trinajstić information content (AvgIpc) is 2.87. The Balaban J connectivity index is 1.65. The van der Waals surface area contributed by atoms with E-state index in [9.17, 15) is 0 Å². The first-order valence-electron chi connectivity index (χ1n) is 6.08. The maximum absolute atomic E-state index is 4.28. The van der Waals surface area contributed by atoms with Crippen molar-refractivity contribution in [2.75, 3.05) is 36.0 Å². The Morgan fingerprint density at radius 2 is 1.67 bits per heavy atom. The second-order valence-electron chi connectivity index (χ2n) is 4.40. The smallest absolute Gasteiger partial charge is 0.225 e. The van der Waals surface area contributed by atoms with Crippen molar-refractivity contribution in [3.63, 3.8) is 0 Å². The van der Waals surface area contributed by atoms with Gasteiger partial charge in [-0.15, -0.1) is 0 Å². The third-order valence-corrected chi connectivity index (χ3v) is 3.17. The van der Waals surface area contributed by atoms with Crippen LogP contribution in [0.25, 0.3) is 0 Å². The van der Waals surface area contributed by atoms with Gasteiger partial charge in [-0.05, 0) is 6.07 Å². The first kappa shape index (κ1) is 11.0. The number of aryl methyl sites for hydroxylation is 1. The molecule has 1 fully saturated rings. The van der Waals surface area contributed by atoms with Gasteiger partial charge in [0, 0.05) is 51.8 Å². The molecule has 1 aliphatic heterocycles. The summed E-state index contributed by atoms with van der Waals surface area (Å²) in [5.74, 6) is 0.823. The van der Waals surface area contributed by atoms with Crippen molar-refractivity contribution >= 4 is 11.6 Å². The Labute approximate surface area is 106 Å². The lowest BCUT2D eigenvalue weighted by molar-refractivity contribution is 0.639. The van der Waals surface area contributed by atoms with Crippen LogP contribution in [0.15, 0.2) is 30.9 Å². The van der Waals surface area contributed by atoms with Crippen LogP contribution in [0.1, 0.15) is 0 Å². The number of hydrogen-bond acceptors (Lipinski definition) is 5. The molecule has 3 rings (SSSR count). The van der Waals surface area contributed by atoms with Crippen molar-refractivity contribution in [2.24, 2.45) is 7.05 Å². The van der Waals surface area contributed by atoms with Gasteiger partial charge in [0.1, 0.15) is 0 Å². The largest absolute Gasteiger partial charge is 0.365 e. The molecule has 94 valence electrons. The Morgan fingerprint density at radius 3 is 2.28 bits per heavy atom. The minimum absolute atomic E-state index is 0.823. The van der Waals surface area contributed by atoms with E-state index < -0.39 is 0 Å². The molecular weight excluding hydrogens is 228 g/mol. The van der Waals surface area contributed by atoms with Crippen LogP contribution in [0.5, 0.6) is 0 Å². The van der Waals surface area contributed by atoms with Gasteiger partial charge in [0.25, 0.3) is 0 Å². The predicted octanol–water partition coefficient (Wildman–Crippen LogP) is 0.537. The van der Waals surface area contributed by atoms with Gasteiger partial charge in [0.15, 0.2) is 0 Å². The highest BCUT2D eigenvalue weighted by molar-refractivity contribution is 5.45.